The number of nitrogens with one attached hydrogen (secondary N) is 1. The van der Waals surface area contributed by atoms with Crippen LogP contribution in [0, 0.1) is 0 Å². The van der Waals surface area contributed by atoms with E-state index in [0.29, 0.717) is 5.69 Å². The molecule has 14 heavy (non-hydrogen) atoms. The molecule has 3 N–H and O–H groups in total. The Bertz CT molecular complexity index is 413. The Balaban J connectivity index is 2.24. The Morgan fingerprint density at radius 2 is 1.71 bits per heavy atom. The molecule has 0 unspecified atom stereocenters. The molecule has 2 aromatic heterocycles. The van der Waals surface area contributed by atoms with Gasteiger partial charge in [-0.15, -0.1) is 0 Å². The van der Waals surface area contributed by atoms with Crippen LogP contribution < -0.4 is 11.1 Å². The minimum atomic E-state index is 0.629. The van der Waals surface area contributed by atoms with E-state index in [4.69, 9.17) is 5.73 Å². The lowest BCUT2D eigenvalue weighted by atomic mass is 10.3. The lowest BCUT2D eigenvalue weighted by Gasteiger charge is -2.07. The Labute approximate surface area is 81.8 Å². The molecule has 2 rings (SSSR count). The molecular formula is C10H10N4. The Hall–Kier alpha value is -2.10. The number of nitrogens with zero attached hydrogens (tertiary/aromatic N) is 2. The lowest BCUT2D eigenvalue weighted by molar-refractivity contribution is 1.31. The van der Waals surface area contributed by atoms with Crippen LogP contribution >= 0.6 is 0 Å². The van der Waals surface area contributed by atoms with Crippen LogP contribution in [0.15, 0.2) is 43.0 Å². The summed E-state index contributed by atoms with van der Waals surface area (Å²) < 4.78 is 0. The van der Waals surface area contributed by atoms with Gasteiger partial charge in [0.15, 0.2) is 0 Å². The number of nitrogens with two attached hydrogens (primary N) is 1. The second kappa shape index (κ2) is 3.74. The molecule has 0 aliphatic carbocycles. The zero-order valence-corrected chi connectivity index (χ0v) is 7.51. The van der Waals surface area contributed by atoms with Crippen molar-refractivity contribution in [2.24, 2.45) is 0 Å². The van der Waals surface area contributed by atoms with E-state index in [1.807, 2.05) is 18.2 Å². The van der Waals surface area contributed by atoms with E-state index in [-0.39, 0.29) is 0 Å². The van der Waals surface area contributed by atoms with Gasteiger partial charge in [0, 0.05) is 24.3 Å². The van der Waals surface area contributed by atoms with E-state index < -0.39 is 0 Å². The molecule has 0 bridgehead atoms. The van der Waals surface area contributed by atoms with E-state index >= 15 is 0 Å². The highest BCUT2D eigenvalue weighted by Gasteiger charge is 1.97. The zero-order valence-electron chi connectivity index (χ0n) is 7.51. The van der Waals surface area contributed by atoms with E-state index in [1.165, 1.54) is 0 Å². The summed E-state index contributed by atoms with van der Waals surface area (Å²) in [6.45, 7) is 0. The molecule has 0 atom stereocenters. The number of aromatic nitrogens is 2. The third-order valence-corrected chi connectivity index (χ3v) is 1.81. The van der Waals surface area contributed by atoms with Crippen LogP contribution in [0.25, 0.3) is 0 Å². The minimum absolute atomic E-state index is 0.629. The van der Waals surface area contributed by atoms with Crippen LogP contribution in [0.2, 0.25) is 0 Å². The van der Waals surface area contributed by atoms with Crippen molar-refractivity contribution >= 4 is 17.1 Å². The maximum atomic E-state index is 5.73. The van der Waals surface area contributed by atoms with Gasteiger partial charge in [-0.25, -0.2) is 0 Å². The molecule has 0 spiro atoms. The van der Waals surface area contributed by atoms with Crippen LogP contribution in [0.1, 0.15) is 0 Å². The number of hydrogen-bond donors (Lipinski definition) is 2. The van der Waals surface area contributed by atoms with Gasteiger partial charge in [0.25, 0.3) is 0 Å². The third-order valence-electron chi connectivity index (χ3n) is 1.81. The van der Waals surface area contributed by atoms with Crippen molar-refractivity contribution in [3.63, 3.8) is 0 Å². The second-order valence-electron chi connectivity index (χ2n) is 2.82. The van der Waals surface area contributed by atoms with Crippen molar-refractivity contribution in [2.45, 2.75) is 0 Å². The summed E-state index contributed by atoms with van der Waals surface area (Å²) in [5.74, 6) is 0. The van der Waals surface area contributed by atoms with Crippen molar-refractivity contribution in [3.8, 4) is 0 Å². The van der Waals surface area contributed by atoms with Gasteiger partial charge in [-0.3, -0.25) is 9.97 Å². The molecular weight excluding hydrogens is 176 g/mol. The van der Waals surface area contributed by atoms with Crippen LogP contribution in [0.3, 0.4) is 0 Å². The first-order chi connectivity index (χ1) is 6.86. The molecule has 0 aromatic carbocycles. The maximum Gasteiger partial charge on any atom is 0.0739 e. The summed E-state index contributed by atoms with van der Waals surface area (Å²) in [5.41, 5.74) is 8.17. The second-order valence-corrected chi connectivity index (χ2v) is 2.82. The monoisotopic (exact) mass is 186 g/mol. The molecule has 0 fully saturated rings. The smallest absolute Gasteiger partial charge is 0.0739 e. The summed E-state index contributed by atoms with van der Waals surface area (Å²) in [6, 6.07) is 5.58. The average molecular weight is 186 g/mol. The first-order valence-corrected chi connectivity index (χ1v) is 4.23. The summed E-state index contributed by atoms with van der Waals surface area (Å²) in [6.07, 6.45) is 6.75. The summed E-state index contributed by atoms with van der Waals surface area (Å²) in [5, 5.41) is 3.17. The largest absolute Gasteiger partial charge is 0.396 e. The molecule has 2 heterocycles. The fourth-order valence-electron chi connectivity index (χ4n) is 1.11. The first-order valence-electron chi connectivity index (χ1n) is 4.23. The predicted octanol–water partition coefficient (Wildman–Crippen LogP) is 1.80. The normalized spacial score (nSPS) is 9.71. The molecule has 0 aliphatic heterocycles. The number of pyridine rings is 2. The zero-order chi connectivity index (χ0) is 9.80. The van der Waals surface area contributed by atoms with Gasteiger partial charge in [-0.2, -0.15) is 0 Å². The van der Waals surface area contributed by atoms with Crippen LogP contribution in [-0.4, -0.2) is 9.97 Å². The fourth-order valence-corrected chi connectivity index (χ4v) is 1.11. The topological polar surface area (TPSA) is 63.8 Å². The Morgan fingerprint density at radius 1 is 1.00 bits per heavy atom. The summed E-state index contributed by atoms with van der Waals surface area (Å²) in [7, 11) is 0. The average Bonchev–Trinajstić information content (AvgIpc) is 2.23. The minimum Gasteiger partial charge on any atom is -0.396 e. The van der Waals surface area contributed by atoms with Gasteiger partial charge in [0.05, 0.1) is 17.6 Å². The highest BCUT2D eigenvalue weighted by atomic mass is 14.9. The highest BCUT2D eigenvalue weighted by Crippen LogP contribution is 2.20. The van der Waals surface area contributed by atoms with Gasteiger partial charge in [0.2, 0.25) is 0 Å². The van der Waals surface area contributed by atoms with E-state index in [1.54, 1.807) is 24.8 Å². The summed E-state index contributed by atoms with van der Waals surface area (Å²) in [4.78, 5) is 7.84. The van der Waals surface area contributed by atoms with Crippen molar-refractivity contribution in [2.75, 3.05) is 11.1 Å². The van der Waals surface area contributed by atoms with Gasteiger partial charge >= 0.3 is 0 Å². The van der Waals surface area contributed by atoms with Gasteiger partial charge in [0.1, 0.15) is 0 Å². The van der Waals surface area contributed by atoms with Crippen molar-refractivity contribution in [1.29, 1.82) is 0 Å². The van der Waals surface area contributed by atoms with Crippen LogP contribution in [0.5, 0.6) is 0 Å². The number of nitrogen functional groups attached to an aromatic ring is 1. The number of anilines is 3. The highest BCUT2D eigenvalue weighted by molar-refractivity contribution is 5.70. The molecule has 2 aromatic rings. The predicted molar refractivity (Wildman–Crippen MR) is 56.2 cm³/mol. The number of hydrogen-bond acceptors (Lipinski definition) is 4. The SMILES string of the molecule is Nc1cnccc1Nc1ccncc1. The van der Waals surface area contributed by atoms with Crippen molar-refractivity contribution < 1.29 is 0 Å². The van der Waals surface area contributed by atoms with E-state index in [0.717, 1.165) is 11.4 Å². The van der Waals surface area contributed by atoms with Gasteiger partial charge in [-0.1, -0.05) is 0 Å². The van der Waals surface area contributed by atoms with Gasteiger partial charge < -0.3 is 11.1 Å². The third kappa shape index (κ3) is 1.80. The molecule has 4 nitrogen and oxygen atoms in total. The van der Waals surface area contributed by atoms with E-state index in [9.17, 15) is 0 Å². The molecule has 0 saturated heterocycles. The molecule has 0 radical (unpaired) electrons. The van der Waals surface area contributed by atoms with E-state index in [2.05, 4.69) is 15.3 Å². The quantitative estimate of drug-likeness (QED) is 0.750. The molecule has 70 valence electrons. The molecule has 0 saturated carbocycles. The van der Waals surface area contributed by atoms with Gasteiger partial charge in [-0.05, 0) is 18.2 Å². The standard InChI is InChI=1S/C10H10N4/c11-9-7-13-6-3-10(9)14-8-1-4-12-5-2-8/h1-7H,11H2,(H,12,13,14). The number of rotatable bonds is 2. The Morgan fingerprint density at radius 3 is 2.43 bits per heavy atom. The molecule has 0 aliphatic rings. The lowest BCUT2D eigenvalue weighted by Crippen LogP contribution is -1.96. The first kappa shape index (κ1) is 8.50. The van der Waals surface area contributed by atoms with Crippen molar-refractivity contribution in [3.05, 3.63) is 43.0 Å². The molecule has 0 amide bonds. The maximum absolute atomic E-state index is 5.73. The van der Waals surface area contributed by atoms with Crippen LogP contribution in [-0.2, 0) is 0 Å². The fraction of sp³-hybridized carbons (Fsp3) is 0. The van der Waals surface area contributed by atoms with Crippen LogP contribution in [0.4, 0.5) is 17.1 Å². The van der Waals surface area contributed by atoms with Crippen molar-refractivity contribution in [1.82, 2.24) is 9.97 Å². The Kier molecular flexibility index (Phi) is 2.27. The summed E-state index contributed by atoms with van der Waals surface area (Å²) >= 11 is 0. The molecule has 4 heteroatoms.